The SMILES string of the molecule is CCCNC(=O)C(C)NC(=O)/C=C/c1cccc(OC)c1. The zero-order chi connectivity index (χ0) is 15.7. The van der Waals surface area contributed by atoms with Gasteiger partial charge in [-0.25, -0.2) is 0 Å². The summed E-state index contributed by atoms with van der Waals surface area (Å²) in [7, 11) is 1.59. The Morgan fingerprint density at radius 3 is 2.81 bits per heavy atom. The minimum absolute atomic E-state index is 0.181. The Hall–Kier alpha value is -2.30. The molecule has 5 nitrogen and oxygen atoms in total. The van der Waals surface area contributed by atoms with E-state index in [4.69, 9.17) is 4.74 Å². The van der Waals surface area contributed by atoms with Gasteiger partial charge in [-0.05, 0) is 37.1 Å². The van der Waals surface area contributed by atoms with Gasteiger partial charge in [0, 0.05) is 12.6 Å². The molecule has 0 radical (unpaired) electrons. The molecule has 21 heavy (non-hydrogen) atoms. The highest BCUT2D eigenvalue weighted by Crippen LogP contribution is 2.13. The maximum Gasteiger partial charge on any atom is 0.244 e. The molecule has 0 heterocycles. The number of ether oxygens (including phenoxy) is 1. The average molecular weight is 290 g/mol. The van der Waals surface area contributed by atoms with E-state index in [1.807, 2.05) is 31.2 Å². The minimum atomic E-state index is -0.556. The van der Waals surface area contributed by atoms with Crippen molar-refractivity contribution in [2.75, 3.05) is 13.7 Å². The van der Waals surface area contributed by atoms with Crippen molar-refractivity contribution in [3.05, 3.63) is 35.9 Å². The molecular formula is C16H22N2O3. The van der Waals surface area contributed by atoms with Crippen LogP contribution in [0.5, 0.6) is 5.75 Å². The smallest absolute Gasteiger partial charge is 0.244 e. The third kappa shape index (κ3) is 6.12. The third-order valence-electron chi connectivity index (χ3n) is 2.82. The second kappa shape index (κ2) is 8.79. The molecule has 0 aromatic heterocycles. The van der Waals surface area contributed by atoms with Crippen molar-refractivity contribution in [3.63, 3.8) is 0 Å². The molecule has 1 atom stereocenters. The van der Waals surface area contributed by atoms with Crippen molar-refractivity contribution in [3.8, 4) is 5.75 Å². The van der Waals surface area contributed by atoms with E-state index in [9.17, 15) is 9.59 Å². The van der Waals surface area contributed by atoms with E-state index >= 15 is 0 Å². The van der Waals surface area contributed by atoms with Crippen LogP contribution in [0.3, 0.4) is 0 Å². The van der Waals surface area contributed by atoms with Crippen LogP contribution in [-0.2, 0) is 9.59 Å². The lowest BCUT2D eigenvalue weighted by atomic mass is 10.2. The van der Waals surface area contributed by atoms with E-state index in [0.29, 0.717) is 6.54 Å². The summed E-state index contributed by atoms with van der Waals surface area (Å²) in [4.78, 5) is 23.4. The Morgan fingerprint density at radius 1 is 1.38 bits per heavy atom. The van der Waals surface area contributed by atoms with Crippen LogP contribution < -0.4 is 15.4 Å². The summed E-state index contributed by atoms with van der Waals surface area (Å²) in [5.74, 6) is 0.238. The Bertz CT molecular complexity index is 512. The van der Waals surface area contributed by atoms with E-state index in [-0.39, 0.29) is 11.8 Å². The number of rotatable bonds is 7. The zero-order valence-corrected chi connectivity index (χ0v) is 12.7. The van der Waals surface area contributed by atoms with E-state index < -0.39 is 6.04 Å². The number of carbonyl (C=O) groups is 2. The third-order valence-corrected chi connectivity index (χ3v) is 2.82. The highest BCUT2D eigenvalue weighted by Gasteiger charge is 2.12. The first kappa shape index (κ1) is 16.8. The summed E-state index contributed by atoms with van der Waals surface area (Å²) in [5.41, 5.74) is 0.854. The van der Waals surface area contributed by atoms with Crippen LogP contribution in [0.4, 0.5) is 0 Å². The van der Waals surface area contributed by atoms with Gasteiger partial charge in [0.2, 0.25) is 11.8 Å². The van der Waals surface area contributed by atoms with Crippen LogP contribution in [0.2, 0.25) is 0 Å². The first-order valence-electron chi connectivity index (χ1n) is 6.97. The molecule has 1 aromatic rings. The number of methoxy groups -OCH3 is 1. The van der Waals surface area contributed by atoms with Crippen molar-refractivity contribution in [2.24, 2.45) is 0 Å². The van der Waals surface area contributed by atoms with Crippen LogP contribution in [0, 0.1) is 0 Å². The lowest BCUT2D eigenvalue weighted by Crippen LogP contribution is -2.44. The van der Waals surface area contributed by atoms with Gasteiger partial charge >= 0.3 is 0 Å². The van der Waals surface area contributed by atoms with Crippen molar-refractivity contribution < 1.29 is 14.3 Å². The summed E-state index contributed by atoms with van der Waals surface area (Å²) in [5, 5.41) is 5.35. The first-order valence-corrected chi connectivity index (χ1v) is 6.97. The van der Waals surface area contributed by atoms with E-state index in [2.05, 4.69) is 10.6 Å². The molecule has 0 aliphatic heterocycles. The van der Waals surface area contributed by atoms with Crippen molar-refractivity contribution in [2.45, 2.75) is 26.3 Å². The molecule has 0 fully saturated rings. The van der Waals surface area contributed by atoms with Crippen LogP contribution in [0.1, 0.15) is 25.8 Å². The summed E-state index contributed by atoms with van der Waals surface area (Å²) >= 11 is 0. The van der Waals surface area contributed by atoms with E-state index in [0.717, 1.165) is 17.7 Å². The fraction of sp³-hybridized carbons (Fsp3) is 0.375. The molecule has 1 unspecified atom stereocenters. The monoisotopic (exact) mass is 290 g/mol. The Balaban J connectivity index is 2.52. The highest BCUT2D eigenvalue weighted by atomic mass is 16.5. The zero-order valence-electron chi connectivity index (χ0n) is 12.7. The highest BCUT2D eigenvalue weighted by molar-refractivity contribution is 5.95. The maximum atomic E-state index is 11.8. The minimum Gasteiger partial charge on any atom is -0.497 e. The first-order chi connectivity index (χ1) is 10.1. The predicted octanol–water partition coefficient (Wildman–Crippen LogP) is 1.74. The Labute approximate surface area is 125 Å². The second-order valence-corrected chi connectivity index (χ2v) is 4.63. The fourth-order valence-electron chi connectivity index (χ4n) is 1.65. The molecule has 5 heteroatoms. The van der Waals surface area contributed by atoms with Gasteiger partial charge in [0.25, 0.3) is 0 Å². The Kier molecular flexibility index (Phi) is 7.01. The molecule has 114 valence electrons. The molecule has 0 aliphatic rings. The molecular weight excluding hydrogens is 268 g/mol. The number of nitrogens with one attached hydrogen (secondary N) is 2. The molecule has 1 aromatic carbocycles. The average Bonchev–Trinajstić information content (AvgIpc) is 2.50. The van der Waals surface area contributed by atoms with E-state index in [1.54, 1.807) is 20.1 Å². The number of benzene rings is 1. The van der Waals surface area contributed by atoms with Gasteiger partial charge in [-0.1, -0.05) is 19.1 Å². The van der Waals surface area contributed by atoms with Crippen LogP contribution in [0.15, 0.2) is 30.3 Å². The molecule has 0 aliphatic carbocycles. The number of amides is 2. The summed E-state index contributed by atoms with van der Waals surface area (Å²) in [6, 6.07) is 6.80. The number of hydrogen-bond donors (Lipinski definition) is 2. The lowest BCUT2D eigenvalue weighted by molar-refractivity contribution is -0.126. The molecule has 2 amide bonds. The van der Waals surface area contributed by atoms with Gasteiger partial charge < -0.3 is 15.4 Å². The fourth-order valence-corrected chi connectivity index (χ4v) is 1.65. The van der Waals surface area contributed by atoms with Gasteiger partial charge in [0.05, 0.1) is 7.11 Å². The van der Waals surface area contributed by atoms with Gasteiger partial charge in [0.15, 0.2) is 0 Å². The van der Waals surface area contributed by atoms with E-state index in [1.165, 1.54) is 6.08 Å². The van der Waals surface area contributed by atoms with Gasteiger partial charge in [0.1, 0.15) is 11.8 Å². The van der Waals surface area contributed by atoms with Crippen molar-refractivity contribution >= 4 is 17.9 Å². The summed E-state index contributed by atoms with van der Waals surface area (Å²) in [6.45, 7) is 4.24. The molecule has 2 N–H and O–H groups in total. The van der Waals surface area contributed by atoms with Gasteiger partial charge in [-0.2, -0.15) is 0 Å². The second-order valence-electron chi connectivity index (χ2n) is 4.63. The Morgan fingerprint density at radius 2 is 2.14 bits per heavy atom. The molecule has 0 bridgehead atoms. The quantitative estimate of drug-likeness (QED) is 0.752. The molecule has 1 rings (SSSR count). The predicted molar refractivity (Wildman–Crippen MR) is 82.9 cm³/mol. The topological polar surface area (TPSA) is 67.4 Å². The largest absolute Gasteiger partial charge is 0.497 e. The lowest BCUT2D eigenvalue weighted by Gasteiger charge is -2.12. The number of hydrogen-bond acceptors (Lipinski definition) is 3. The molecule has 0 saturated carbocycles. The summed E-state index contributed by atoms with van der Waals surface area (Å²) < 4.78 is 5.11. The summed E-state index contributed by atoms with van der Waals surface area (Å²) in [6.07, 6.45) is 3.94. The normalized spacial score (nSPS) is 12.0. The van der Waals surface area contributed by atoms with Crippen molar-refractivity contribution in [1.82, 2.24) is 10.6 Å². The molecule has 0 saturated heterocycles. The van der Waals surface area contributed by atoms with Gasteiger partial charge in [-0.3, -0.25) is 9.59 Å². The van der Waals surface area contributed by atoms with Crippen LogP contribution in [0.25, 0.3) is 6.08 Å². The van der Waals surface area contributed by atoms with Crippen LogP contribution in [-0.4, -0.2) is 31.5 Å². The van der Waals surface area contributed by atoms with Gasteiger partial charge in [-0.15, -0.1) is 0 Å². The molecule has 0 spiro atoms. The number of carbonyl (C=O) groups excluding carboxylic acids is 2. The standard InChI is InChI=1S/C16H22N2O3/c1-4-10-17-16(20)12(2)18-15(19)9-8-13-6-5-7-14(11-13)21-3/h5-9,11-12H,4,10H2,1-3H3,(H,17,20)(H,18,19)/b9-8+. The maximum absolute atomic E-state index is 11.8. The van der Waals surface area contributed by atoms with Crippen molar-refractivity contribution in [1.29, 1.82) is 0 Å². The van der Waals surface area contributed by atoms with Crippen LogP contribution >= 0.6 is 0 Å².